The molecule has 19 heavy (non-hydrogen) atoms. The Morgan fingerprint density at radius 3 is 2.58 bits per heavy atom. The fourth-order valence-corrected chi connectivity index (χ4v) is 3.23. The molecule has 0 saturated heterocycles. The number of ketones is 1. The van der Waals surface area contributed by atoms with Gasteiger partial charge >= 0.3 is 0 Å². The van der Waals surface area contributed by atoms with Gasteiger partial charge in [-0.25, -0.2) is 0 Å². The van der Waals surface area contributed by atoms with Crippen LogP contribution >= 0.6 is 0 Å². The van der Waals surface area contributed by atoms with Crippen LogP contribution in [0.15, 0.2) is 18.2 Å². The number of fused-ring (bicyclic) bond motifs is 1. The molecule has 2 rings (SSSR count). The minimum absolute atomic E-state index is 0.0807. The van der Waals surface area contributed by atoms with E-state index in [9.17, 15) is 9.59 Å². The molecule has 2 nitrogen and oxygen atoms in total. The predicted molar refractivity (Wildman–Crippen MR) is 81.2 cm³/mol. The van der Waals surface area contributed by atoms with Gasteiger partial charge in [-0.1, -0.05) is 32.0 Å². The van der Waals surface area contributed by atoms with Crippen molar-refractivity contribution in [2.75, 3.05) is 0 Å². The second-order valence-corrected chi connectivity index (χ2v) is 11.3. The maximum atomic E-state index is 12.0. The quantitative estimate of drug-likeness (QED) is 0.854. The lowest BCUT2D eigenvalue weighted by molar-refractivity contribution is 0.0972. The Morgan fingerprint density at radius 2 is 1.95 bits per heavy atom. The summed E-state index contributed by atoms with van der Waals surface area (Å²) >= 11 is 0. The number of carbonyl (C=O) groups is 1. The summed E-state index contributed by atoms with van der Waals surface area (Å²) in [7, 11) is -2.21. The minimum Gasteiger partial charge on any atom is -0.432 e. The number of carbonyl (C=O) groups excluding carboxylic acids is 1. The number of hydrogen-bond acceptors (Lipinski definition) is 2. The molecule has 1 N–H and O–H groups in total. The van der Waals surface area contributed by atoms with Crippen molar-refractivity contribution in [3.05, 3.63) is 34.9 Å². The molecule has 0 radical (unpaired) electrons. The first kappa shape index (κ1) is 14.5. The van der Waals surface area contributed by atoms with Crippen molar-refractivity contribution in [2.45, 2.75) is 57.7 Å². The molecular weight excluding hydrogens is 252 g/mol. The summed E-state index contributed by atoms with van der Waals surface area (Å²) in [5.74, 6) is 0.279. The molecule has 104 valence electrons. The van der Waals surface area contributed by atoms with Gasteiger partial charge in [-0.2, -0.15) is 0 Å². The van der Waals surface area contributed by atoms with Crippen LogP contribution in [-0.2, 0) is 12.8 Å². The summed E-state index contributed by atoms with van der Waals surface area (Å²) < 4.78 is 0. The van der Waals surface area contributed by atoms with E-state index in [2.05, 4.69) is 19.9 Å². The molecule has 1 aliphatic carbocycles. The molecule has 0 aliphatic heterocycles. The van der Waals surface area contributed by atoms with Crippen molar-refractivity contribution in [2.24, 2.45) is 0 Å². The van der Waals surface area contributed by atoms with E-state index in [1.165, 1.54) is 11.1 Å². The third-order valence-corrected chi connectivity index (χ3v) is 8.18. The molecule has 1 aromatic carbocycles. The van der Waals surface area contributed by atoms with E-state index in [4.69, 9.17) is 0 Å². The molecule has 0 amide bonds. The van der Waals surface area contributed by atoms with E-state index < -0.39 is 8.32 Å². The molecule has 0 spiro atoms. The Labute approximate surface area is 117 Å². The van der Waals surface area contributed by atoms with Gasteiger partial charge in [0, 0.05) is 12.0 Å². The van der Waals surface area contributed by atoms with E-state index in [1.807, 2.05) is 25.2 Å². The highest BCUT2D eigenvalue weighted by Gasteiger charge is 2.38. The van der Waals surface area contributed by atoms with Gasteiger partial charge in [0.2, 0.25) is 0 Å². The topological polar surface area (TPSA) is 37.3 Å². The molecule has 1 aliphatic rings. The maximum absolute atomic E-state index is 12.0. The summed E-state index contributed by atoms with van der Waals surface area (Å²) in [6.07, 6.45) is 3.50. The van der Waals surface area contributed by atoms with Gasteiger partial charge in [0.1, 0.15) is 0 Å². The van der Waals surface area contributed by atoms with Gasteiger partial charge in [-0.05, 0) is 48.5 Å². The molecule has 1 aromatic rings. The zero-order valence-electron chi connectivity index (χ0n) is 12.4. The largest absolute Gasteiger partial charge is 0.432 e. The lowest BCUT2D eigenvalue weighted by Crippen LogP contribution is -2.40. The second-order valence-electron chi connectivity index (χ2n) is 6.84. The number of benzene rings is 1. The second kappa shape index (κ2) is 4.87. The van der Waals surface area contributed by atoms with E-state index in [1.54, 1.807) is 0 Å². The van der Waals surface area contributed by atoms with Crippen LogP contribution in [0.3, 0.4) is 0 Å². The third-order valence-electron chi connectivity index (χ3n) is 4.69. The fraction of sp³-hybridized carbons (Fsp3) is 0.562. The van der Waals surface area contributed by atoms with Crippen LogP contribution in [-0.4, -0.2) is 18.9 Å². The predicted octanol–water partition coefficient (Wildman–Crippen LogP) is 3.73. The Kier molecular flexibility index (Phi) is 3.71. The molecule has 0 fully saturated rings. The summed E-state index contributed by atoms with van der Waals surface area (Å²) in [5.41, 5.74) is 3.40. The van der Waals surface area contributed by atoms with Crippen LogP contribution in [0.25, 0.3) is 0 Å². The van der Waals surface area contributed by atoms with Gasteiger partial charge in [0.15, 0.2) is 14.1 Å². The lowest BCUT2D eigenvalue weighted by Gasteiger charge is -2.36. The Morgan fingerprint density at radius 1 is 1.26 bits per heavy atom. The van der Waals surface area contributed by atoms with E-state index in [-0.39, 0.29) is 10.8 Å². The Balaban J connectivity index is 2.37. The first-order valence-electron chi connectivity index (χ1n) is 7.09. The molecule has 0 saturated carbocycles. The van der Waals surface area contributed by atoms with Crippen LogP contribution in [0.2, 0.25) is 18.1 Å². The van der Waals surface area contributed by atoms with Crippen LogP contribution in [0.5, 0.6) is 0 Å². The molecule has 0 heterocycles. The highest BCUT2D eigenvalue weighted by atomic mass is 28.4. The van der Waals surface area contributed by atoms with Gasteiger partial charge < -0.3 is 4.80 Å². The van der Waals surface area contributed by atoms with Gasteiger partial charge in [-0.3, -0.25) is 4.79 Å². The minimum atomic E-state index is -2.21. The van der Waals surface area contributed by atoms with Crippen molar-refractivity contribution < 1.29 is 9.59 Å². The van der Waals surface area contributed by atoms with Crippen molar-refractivity contribution in [1.82, 2.24) is 0 Å². The SMILES string of the molecule is CC(C)(Cc1cccc2c1CCCC2=O)[Si](C)(C)O. The maximum Gasteiger partial charge on any atom is 0.188 e. The highest BCUT2D eigenvalue weighted by molar-refractivity contribution is 6.72. The third kappa shape index (κ3) is 2.82. The number of rotatable bonds is 3. The van der Waals surface area contributed by atoms with Crippen LogP contribution < -0.4 is 0 Å². The fourth-order valence-electron chi connectivity index (χ4n) is 2.61. The molecule has 0 unspecified atom stereocenters. The monoisotopic (exact) mass is 276 g/mol. The first-order valence-corrected chi connectivity index (χ1v) is 10.0. The summed E-state index contributed by atoms with van der Waals surface area (Å²) in [6, 6.07) is 6.06. The zero-order valence-corrected chi connectivity index (χ0v) is 13.4. The van der Waals surface area contributed by atoms with Crippen molar-refractivity contribution in [3.8, 4) is 0 Å². The van der Waals surface area contributed by atoms with Crippen LogP contribution in [0.4, 0.5) is 0 Å². The average Bonchev–Trinajstić information content (AvgIpc) is 2.28. The summed E-state index contributed by atoms with van der Waals surface area (Å²) in [6.45, 7) is 8.27. The van der Waals surface area contributed by atoms with E-state index >= 15 is 0 Å². The summed E-state index contributed by atoms with van der Waals surface area (Å²) in [5, 5.41) is -0.0807. The number of Topliss-reactive ketones (excluding diaryl/α,β-unsaturated/α-hetero) is 1. The molecule has 0 atom stereocenters. The van der Waals surface area contributed by atoms with Crippen molar-refractivity contribution in [1.29, 1.82) is 0 Å². The molecular formula is C16H24O2Si. The number of hydrogen-bond donors (Lipinski definition) is 1. The van der Waals surface area contributed by atoms with Crippen LogP contribution in [0, 0.1) is 0 Å². The van der Waals surface area contributed by atoms with E-state index in [0.717, 1.165) is 24.8 Å². The van der Waals surface area contributed by atoms with E-state index in [0.29, 0.717) is 6.42 Å². The van der Waals surface area contributed by atoms with Gasteiger partial charge in [0.25, 0.3) is 0 Å². The van der Waals surface area contributed by atoms with Crippen molar-refractivity contribution in [3.63, 3.8) is 0 Å². The standard InChI is InChI=1S/C16H24O2Si/c1-16(2,19(3,4)18)11-12-7-5-9-14-13(12)8-6-10-15(14)17/h5,7,9,18H,6,8,10-11H2,1-4H3. The lowest BCUT2D eigenvalue weighted by atomic mass is 9.85. The smallest absolute Gasteiger partial charge is 0.188 e. The normalized spacial score (nSPS) is 16.4. The highest BCUT2D eigenvalue weighted by Crippen LogP contribution is 2.40. The van der Waals surface area contributed by atoms with Gasteiger partial charge in [-0.15, -0.1) is 0 Å². The first-order chi connectivity index (χ1) is 8.72. The van der Waals surface area contributed by atoms with Crippen LogP contribution in [0.1, 0.15) is 48.2 Å². The molecule has 3 heteroatoms. The molecule has 0 bridgehead atoms. The zero-order chi connectivity index (χ0) is 14.3. The summed E-state index contributed by atoms with van der Waals surface area (Å²) in [4.78, 5) is 22.4. The average molecular weight is 276 g/mol. The molecule has 0 aromatic heterocycles. The Bertz CT molecular complexity index is 498. The van der Waals surface area contributed by atoms with Crippen molar-refractivity contribution >= 4 is 14.1 Å². The Hall–Kier alpha value is -0.933. The van der Waals surface area contributed by atoms with Gasteiger partial charge in [0.05, 0.1) is 0 Å².